The highest BCUT2D eigenvalue weighted by Gasteiger charge is 2.33. The van der Waals surface area contributed by atoms with E-state index in [0.717, 1.165) is 17.3 Å². The fourth-order valence-corrected chi connectivity index (χ4v) is 2.78. The van der Waals surface area contributed by atoms with Crippen LogP contribution in [0, 0.1) is 15.9 Å². The van der Waals surface area contributed by atoms with Crippen molar-refractivity contribution in [1.82, 2.24) is 15.1 Å². The number of rotatable bonds is 2. The first kappa shape index (κ1) is 14.2. The number of carbonyl (C=O) groups is 1. The Kier molecular flexibility index (Phi) is 3.36. The zero-order chi connectivity index (χ0) is 15.9. The molecule has 2 aromatic rings. The van der Waals surface area contributed by atoms with E-state index in [0.29, 0.717) is 13.0 Å². The van der Waals surface area contributed by atoms with Gasteiger partial charge in [-0.05, 0) is 36.6 Å². The zero-order valence-corrected chi connectivity index (χ0v) is 11.7. The van der Waals surface area contributed by atoms with Crippen LogP contribution in [0.3, 0.4) is 0 Å². The van der Waals surface area contributed by atoms with Crippen LogP contribution in [0.4, 0.5) is 10.1 Å². The Bertz CT molecular complexity index is 758. The third-order valence-corrected chi connectivity index (χ3v) is 3.94. The van der Waals surface area contributed by atoms with Gasteiger partial charge in [-0.2, -0.15) is 5.10 Å². The fourth-order valence-electron chi connectivity index (χ4n) is 2.78. The summed E-state index contributed by atoms with van der Waals surface area (Å²) < 4.78 is 13.4. The van der Waals surface area contributed by atoms with Crippen LogP contribution in [0.1, 0.15) is 34.6 Å². The van der Waals surface area contributed by atoms with E-state index in [4.69, 9.17) is 0 Å². The third kappa shape index (κ3) is 2.22. The summed E-state index contributed by atoms with van der Waals surface area (Å²) in [6.45, 7) is 2.19. The number of amides is 1. The predicted octanol–water partition coefficient (Wildman–Crippen LogP) is 2.22. The molecule has 0 bridgehead atoms. The van der Waals surface area contributed by atoms with Crippen LogP contribution in [0.5, 0.6) is 0 Å². The van der Waals surface area contributed by atoms with Crippen molar-refractivity contribution >= 4 is 11.6 Å². The summed E-state index contributed by atoms with van der Waals surface area (Å²) in [6.07, 6.45) is 1.59. The number of nitro groups is 1. The number of hydrogen-bond acceptors (Lipinski definition) is 4. The molecule has 1 aliphatic heterocycles. The molecule has 1 amide bonds. The van der Waals surface area contributed by atoms with Gasteiger partial charge in [-0.3, -0.25) is 20.0 Å². The Morgan fingerprint density at radius 1 is 1.55 bits per heavy atom. The molecule has 114 valence electrons. The van der Waals surface area contributed by atoms with Crippen LogP contribution in [-0.4, -0.2) is 32.5 Å². The van der Waals surface area contributed by atoms with Crippen LogP contribution in [0.25, 0.3) is 0 Å². The Labute approximate surface area is 124 Å². The first-order valence-corrected chi connectivity index (χ1v) is 6.76. The number of nitrogens with one attached hydrogen (secondary N) is 1. The molecule has 2 heterocycles. The summed E-state index contributed by atoms with van der Waals surface area (Å²) in [6, 6.07) is 4.14. The maximum atomic E-state index is 13.4. The molecule has 0 fully saturated rings. The zero-order valence-electron chi connectivity index (χ0n) is 11.7. The second kappa shape index (κ2) is 5.21. The van der Waals surface area contributed by atoms with Gasteiger partial charge in [0.05, 0.1) is 11.0 Å². The average molecular weight is 304 g/mol. The molecule has 8 heteroatoms. The number of halogens is 1. The normalized spacial score (nSPS) is 17.2. The minimum atomic E-state index is -0.654. The van der Waals surface area contributed by atoms with Gasteiger partial charge in [-0.15, -0.1) is 0 Å². The van der Waals surface area contributed by atoms with Crippen molar-refractivity contribution in [3.8, 4) is 0 Å². The standard InChI is InChI=1S/C14H13FN4O3/c1-8-11-6-10(15)3-2-9(11)4-5-18(8)14(20)13-12(19(21)22)7-16-17-13/h2-3,6-8H,4-5H2,1H3,(H,16,17)/t8-/m1/s1. The number of nitrogens with zero attached hydrogens (tertiary/aromatic N) is 3. The number of benzene rings is 1. The van der Waals surface area contributed by atoms with Gasteiger partial charge >= 0.3 is 5.69 Å². The number of aromatic nitrogens is 2. The van der Waals surface area contributed by atoms with Gasteiger partial charge in [0.2, 0.25) is 5.69 Å². The van der Waals surface area contributed by atoms with Gasteiger partial charge in [-0.25, -0.2) is 4.39 Å². The number of fused-ring (bicyclic) bond motifs is 1. The van der Waals surface area contributed by atoms with Crippen molar-refractivity contribution in [2.45, 2.75) is 19.4 Å². The van der Waals surface area contributed by atoms with Gasteiger partial charge < -0.3 is 4.90 Å². The quantitative estimate of drug-likeness (QED) is 0.680. The van der Waals surface area contributed by atoms with Gasteiger partial charge in [0, 0.05) is 6.54 Å². The largest absolute Gasteiger partial charge is 0.330 e. The fraction of sp³-hybridized carbons (Fsp3) is 0.286. The Morgan fingerprint density at radius 3 is 3.05 bits per heavy atom. The van der Waals surface area contributed by atoms with Crippen molar-refractivity contribution < 1.29 is 14.1 Å². The highest BCUT2D eigenvalue weighted by Crippen LogP contribution is 2.31. The first-order valence-electron chi connectivity index (χ1n) is 6.76. The smallest absolute Gasteiger partial charge is 0.319 e. The number of aromatic amines is 1. The maximum Gasteiger partial charge on any atom is 0.319 e. The summed E-state index contributed by atoms with van der Waals surface area (Å²) in [4.78, 5) is 24.3. The molecule has 1 aromatic carbocycles. The third-order valence-electron chi connectivity index (χ3n) is 3.94. The highest BCUT2D eigenvalue weighted by molar-refractivity contribution is 5.96. The SMILES string of the molecule is C[C@@H]1c2cc(F)ccc2CCN1C(=O)c1[nH]ncc1[N+](=O)[O-]. The predicted molar refractivity (Wildman–Crippen MR) is 74.8 cm³/mol. The molecule has 0 radical (unpaired) electrons. The molecular weight excluding hydrogens is 291 g/mol. The molecule has 7 nitrogen and oxygen atoms in total. The van der Waals surface area contributed by atoms with Crippen LogP contribution in [0.2, 0.25) is 0 Å². The van der Waals surface area contributed by atoms with E-state index in [9.17, 15) is 19.3 Å². The van der Waals surface area contributed by atoms with E-state index in [1.807, 2.05) is 0 Å². The van der Waals surface area contributed by atoms with Crippen LogP contribution >= 0.6 is 0 Å². The maximum absolute atomic E-state index is 13.4. The van der Waals surface area contributed by atoms with E-state index in [2.05, 4.69) is 10.2 Å². The van der Waals surface area contributed by atoms with Crippen molar-refractivity contribution in [1.29, 1.82) is 0 Å². The van der Waals surface area contributed by atoms with E-state index in [-0.39, 0.29) is 23.2 Å². The topological polar surface area (TPSA) is 92.1 Å². The summed E-state index contributed by atoms with van der Waals surface area (Å²) >= 11 is 0. The summed E-state index contributed by atoms with van der Waals surface area (Å²) in [5.41, 5.74) is 1.19. The van der Waals surface area contributed by atoms with Gasteiger partial charge in [0.25, 0.3) is 5.91 Å². The van der Waals surface area contributed by atoms with Crippen molar-refractivity contribution in [2.24, 2.45) is 0 Å². The lowest BCUT2D eigenvalue weighted by atomic mass is 9.93. The second-order valence-electron chi connectivity index (χ2n) is 5.16. The lowest BCUT2D eigenvalue weighted by Crippen LogP contribution is -2.39. The molecule has 22 heavy (non-hydrogen) atoms. The number of H-pyrrole nitrogens is 1. The Morgan fingerprint density at radius 2 is 2.32 bits per heavy atom. The molecule has 0 spiro atoms. The van der Waals surface area contributed by atoms with Crippen LogP contribution in [0.15, 0.2) is 24.4 Å². The monoisotopic (exact) mass is 304 g/mol. The molecule has 0 saturated heterocycles. The van der Waals surface area contributed by atoms with Crippen molar-refractivity contribution in [3.63, 3.8) is 0 Å². The molecule has 0 unspecified atom stereocenters. The van der Waals surface area contributed by atoms with Crippen LogP contribution < -0.4 is 0 Å². The van der Waals surface area contributed by atoms with Crippen LogP contribution in [-0.2, 0) is 6.42 Å². The molecule has 1 atom stereocenters. The molecule has 3 rings (SSSR count). The molecule has 0 saturated carbocycles. The summed E-state index contributed by atoms with van der Waals surface area (Å²) in [5, 5.41) is 16.9. The highest BCUT2D eigenvalue weighted by atomic mass is 19.1. The van der Waals surface area contributed by atoms with Crippen molar-refractivity contribution in [3.05, 3.63) is 57.1 Å². The molecule has 1 aromatic heterocycles. The average Bonchev–Trinajstić information content (AvgIpc) is 2.97. The first-order chi connectivity index (χ1) is 10.5. The number of hydrogen-bond donors (Lipinski definition) is 1. The van der Waals surface area contributed by atoms with E-state index >= 15 is 0 Å². The molecule has 1 N–H and O–H groups in total. The Hall–Kier alpha value is -2.77. The molecule has 1 aliphatic rings. The lowest BCUT2D eigenvalue weighted by molar-refractivity contribution is -0.385. The van der Waals surface area contributed by atoms with Gasteiger partial charge in [0.1, 0.15) is 12.0 Å². The lowest BCUT2D eigenvalue weighted by Gasteiger charge is -2.34. The minimum absolute atomic E-state index is 0.156. The van der Waals surface area contributed by atoms with Crippen molar-refractivity contribution in [2.75, 3.05) is 6.54 Å². The van der Waals surface area contributed by atoms with E-state index < -0.39 is 10.8 Å². The molecular formula is C14H13FN4O3. The number of carbonyl (C=O) groups excluding carboxylic acids is 1. The van der Waals surface area contributed by atoms with E-state index in [1.165, 1.54) is 17.0 Å². The van der Waals surface area contributed by atoms with Gasteiger partial charge in [0.15, 0.2) is 0 Å². The van der Waals surface area contributed by atoms with E-state index in [1.54, 1.807) is 13.0 Å². The Balaban J connectivity index is 1.94. The second-order valence-corrected chi connectivity index (χ2v) is 5.16. The summed E-state index contributed by atoms with van der Waals surface area (Å²) in [7, 11) is 0. The minimum Gasteiger partial charge on any atom is -0.330 e. The summed E-state index contributed by atoms with van der Waals surface area (Å²) in [5.74, 6) is -0.876. The van der Waals surface area contributed by atoms with Gasteiger partial charge in [-0.1, -0.05) is 6.07 Å². The molecule has 0 aliphatic carbocycles.